The predicted octanol–water partition coefficient (Wildman–Crippen LogP) is 4.64. The zero-order chi connectivity index (χ0) is 24.6. The van der Waals surface area contributed by atoms with Gasteiger partial charge in [0.05, 0.1) is 11.5 Å². The summed E-state index contributed by atoms with van der Waals surface area (Å²) in [5.74, 6) is 1.31. The lowest BCUT2D eigenvalue weighted by Gasteiger charge is -2.10. The van der Waals surface area contributed by atoms with Crippen molar-refractivity contribution >= 4 is 27.4 Å². The number of anilines is 2. The van der Waals surface area contributed by atoms with E-state index in [1.807, 2.05) is 12.1 Å². The van der Waals surface area contributed by atoms with Crippen molar-refractivity contribution < 1.29 is 17.9 Å². The first-order valence-corrected chi connectivity index (χ1v) is 12.7. The molecule has 8 nitrogen and oxygen atoms in total. The van der Waals surface area contributed by atoms with Crippen LogP contribution in [0, 0.1) is 13.8 Å². The predicted molar refractivity (Wildman–Crippen MR) is 133 cm³/mol. The summed E-state index contributed by atoms with van der Waals surface area (Å²) in [4.78, 5) is 20.5. The van der Waals surface area contributed by atoms with Gasteiger partial charge in [0, 0.05) is 23.9 Å². The number of hydrogen-bond donors (Lipinski definition) is 2. The van der Waals surface area contributed by atoms with Gasteiger partial charge in [-0.2, -0.15) is 0 Å². The Morgan fingerprint density at radius 3 is 2.35 bits per heavy atom. The molecule has 0 bridgehead atoms. The molecule has 0 spiro atoms. The average Bonchev–Trinajstić information content (AvgIpc) is 2.77. The first-order chi connectivity index (χ1) is 16.2. The molecule has 0 radical (unpaired) electrons. The first kappa shape index (κ1) is 25.2. The molecule has 0 unspecified atom stereocenters. The van der Waals surface area contributed by atoms with Crippen LogP contribution in [0.15, 0.2) is 59.5 Å². The third-order valence-electron chi connectivity index (χ3n) is 4.93. The van der Waals surface area contributed by atoms with E-state index in [-0.39, 0.29) is 16.6 Å². The summed E-state index contributed by atoms with van der Waals surface area (Å²) in [7, 11) is -3.81. The van der Waals surface area contributed by atoms with E-state index >= 15 is 0 Å². The molecule has 0 saturated carbocycles. The Kier molecular flexibility index (Phi) is 8.59. The van der Waals surface area contributed by atoms with Gasteiger partial charge in [-0.05, 0) is 68.7 Å². The molecule has 3 rings (SSSR count). The highest BCUT2D eigenvalue weighted by molar-refractivity contribution is 7.92. The summed E-state index contributed by atoms with van der Waals surface area (Å²) in [6.45, 7) is 6.04. The first-order valence-electron chi connectivity index (χ1n) is 11.2. The number of benzene rings is 2. The molecule has 34 heavy (non-hydrogen) atoms. The molecule has 2 N–H and O–H groups in total. The summed E-state index contributed by atoms with van der Waals surface area (Å²) in [5.41, 5.74) is 2.46. The molecule has 0 aliphatic rings. The number of aromatic nitrogens is 2. The summed E-state index contributed by atoms with van der Waals surface area (Å²) < 4.78 is 33.4. The number of carbonyl (C=O) groups excluding carboxylic acids is 1. The second-order valence-electron chi connectivity index (χ2n) is 7.97. The van der Waals surface area contributed by atoms with Crippen LogP contribution in [0.4, 0.5) is 11.5 Å². The van der Waals surface area contributed by atoms with Crippen molar-refractivity contribution in [1.82, 2.24) is 9.97 Å². The molecule has 9 heteroatoms. The fourth-order valence-electron chi connectivity index (χ4n) is 3.37. The lowest BCUT2D eigenvalue weighted by atomic mass is 10.1. The molecule has 0 aliphatic carbocycles. The number of sulfonamides is 1. The van der Waals surface area contributed by atoms with Crippen LogP contribution in [0.5, 0.6) is 5.75 Å². The molecule has 1 aromatic heterocycles. The van der Waals surface area contributed by atoms with Crippen LogP contribution >= 0.6 is 0 Å². The van der Waals surface area contributed by atoms with E-state index in [2.05, 4.69) is 39.1 Å². The Morgan fingerprint density at radius 1 is 1.00 bits per heavy atom. The van der Waals surface area contributed by atoms with E-state index in [0.717, 1.165) is 18.6 Å². The van der Waals surface area contributed by atoms with Crippen LogP contribution in [0.1, 0.15) is 43.3 Å². The third-order valence-corrected chi connectivity index (χ3v) is 6.30. The van der Waals surface area contributed by atoms with Gasteiger partial charge >= 0.3 is 0 Å². The van der Waals surface area contributed by atoms with Crippen LogP contribution in [0.3, 0.4) is 0 Å². The molecule has 180 valence electrons. The second kappa shape index (κ2) is 11.6. The lowest BCUT2D eigenvalue weighted by molar-refractivity contribution is -0.116. The molecule has 0 atom stereocenters. The number of nitrogens with zero attached hydrogens (tertiary/aromatic N) is 2. The number of carbonyl (C=O) groups is 1. The minimum atomic E-state index is -3.81. The highest BCUT2D eigenvalue weighted by Crippen LogP contribution is 2.18. The van der Waals surface area contributed by atoms with Gasteiger partial charge in [0.25, 0.3) is 10.0 Å². The zero-order valence-corrected chi connectivity index (χ0v) is 20.5. The highest BCUT2D eigenvalue weighted by atomic mass is 32.2. The van der Waals surface area contributed by atoms with Gasteiger partial charge in [-0.3, -0.25) is 9.52 Å². The standard InChI is InChI=1S/C25H30N4O4S/c1-4-6-20-8-12-22(13-9-20)33-16-5-7-25(30)28-21-10-14-23(15-11-21)34(31,32)29-24-17-18(2)26-19(3)27-24/h8-15,17H,4-7,16H2,1-3H3,(H,28,30)(H,26,27,29). The molecule has 0 aliphatic heterocycles. The molecule has 2 aromatic carbocycles. The van der Waals surface area contributed by atoms with Gasteiger partial charge in [-0.25, -0.2) is 18.4 Å². The Labute approximate surface area is 200 Å². The van der Waals surface area contributed by atoms with E-state index in [1.54, 1.807) is 32.0 Å². The van der Waals surface area contributed by atoms with Crippen molar-refractivity contribution in [3.8, 4) is 5.75 Å². The Morgan fingerprint density at radius 2 is 1.71 bits per heavy atom. The van der Waals surface area contributed by atoms with Crippen LogP contribution in [-0.2, 0) is 21.2 Å². The molecule has 3 aromatic rings. The van der Waals surface area contributed by atoms with Crippen molar-refractivity contribution in [1.29, 1.82) is 0 Å². The van der Waals surface area contributed by atoms with Gasteiger partial charge in [0.1, 0.15) is 17.4 Å². The summed E-state index contributed by atoms with van der Waals surface area (Å²) >= 11 is 0. The Hall–Kier alpha value is -3.46. The summed E-state index contributed by atoms with van der Waals surface area (Å²) in [5, 5.41) is 2.78. The minimum Gasteiger partial charge on any atom is -0.494 e. The number of aryl methyl sites for hydroxylation is 3. The maximum atomic E-state index is 12.6. The minimum absolute atomic E-state index is 0.0674. The molecular formula is C25H30N4O4S. The van der Waals surface area contributed by atoms with Crippen LogP contribution in [0.2, 0.25) is 0 Å². The lowest BCUT2D eigenvalue weighted by Crippen LogP contribution is -2.15. The van der Waals surface area contributed by atoms with Gasteiger partial charge in [0.15, 0.2) is 0 Å². The monoisotopic (exact) mass is 482 g/mol. The maximum Gasteiger partial charge on any atom is 0.263 e. The van der Waals surface area contributed by atoms with Crippen LogP contribution < -0.4 is 14.8 Å². The fourth-order valence-corrected chi connectivity index (χ4v) is 4.36. The normalized spacial score (nSPS) is 11.1. The van der Waals surface area contributed by atoms with E-state index in [9.17, 15) is 13.2 Å². The SMILES string of the molecule is CCCc1ccc(OCCCC(=O)Nc2ccc(S(=O)(=O)Nc3cc(C)nc(C)n3)cc2)cc1. The largest absolute Gasteiger partial charge is 0.494 e. The summed E-state index contributed by atoms with van der Waals surface area (Å²) in [6, 6.07) is 15.5. The fraction of sp³-hybridized carbons (Fsp3) is 0.320. The smallest absolute Gasteiger partial charge is 0.263 e. The maximum absolute atomic E-state index is 12.6. The van der Waals surface area contributed by atoms with Gasteiger partial charge in [-0.15, -0.1) is 0 Å². The van der Waals surface area contributed by atoms with Gasteiger partial charge in [-0.1, -0.05) is 25.5 Å². The number of rotatable bonds is 11. The molecule has 0 fully saturated rings. The molecular weight excluding hydrogens is 452 g/mol. The van der Waals surface area contributed by atoms with Crippen molar-refractivity contribution in [3.63, 3.8) is 0 Å². The van der Waals surface area contributed by atoms with Crippen molar-refractivity contribution in [2.45, 2.75) is 51.3 Å². The van der Waals surface area contributed by atoms with E-state index in [0.29, 0.717) is 36.7 Å². The average molecular weight is 483 g/mol. The van der Waals surface area contributed by atoms with Crippen molar-refractivity contribution in [3.05, 3.63) is 71.7 Å². The van der Waals surface area contributed by atoms with E-state index in [1.165, 1.54) is 17.7 Å². The van der Waals surface area contributed by atoms with E-state index in [4.69, 9.17) is 4.74 Å². The second-order valence-corrected chi connectivity index (χ2v) is 9.65. The quantitative estimate of drug-likeness (QED) is 0.385. The van der Waals surface area contributed by atoms with Gasteiger partial charge in [0.2, 0.25) is 5.91 Å². The third kappa shape index (κ3) is 7.55. The van der Waals surface area contributed by atoms with Crippen LogP contribution in [0.25, 0.3) is 0 Å². The van der Waals surface area contributed by atoms with Gasteiger partial charge < -0.3 is 10.1 Å². The number of amides is 1. The zero-order valence-electron chi connectivity index (χ0n) is 19.7. The van der Waals surface area contributed by atoms with Crippen LogP contribution in [-0.4, -0.2) is 30.9 Å². The molecule has 1 amide bonds. The summed E-state index contributed by atoms with van der Waals surface area (Å²) in [6.07, 6.45) is 3.01. The van der Waals surface area contributed by atoms with Crippen molar-refractivity contribution in [2.75, 3.05) is 16.6 Å². The highest BCUT2D eigenvalue weighted by Gasteiger charge is 2.16. The topological polar surface area (TPSA) is 110 Å². The Bertz CT molecular complexity index is 1190. The van der Waals surface area contributed by atoms with Crippen molar-refractivity contribution in [2.24, 2.45) is 0 Å². The number of nitrogens with one attached hydrogen (secondary N) is 2. The number of ether oxygens (including phenoxy) is 1. The molecule has 0 saturated heterocycles. The number of hydrogen-bond acceptors (Lipinski definition) is 6. The molecule has 1 heterocycles. The van der Waals surface area contributed by atoms with E-state index < -0.39 is 10.0 Å². The Balaban J connectivity index is 1.46.